The Morgan fingerprint density at radius 1 is 0.825 bits per heavy atom. The lowest BCUT2D eigenvalue weighted by Crippen LogP contribution is -2.48. The number of hydrogen-bond acceptors (Lipinski definition) is 6. The molecule has 2 N–H and O–H groups in total. The number of fused-ring (bicyclic) bond motifs is 1. The Morgan fingerprint density at radius 2 is 1.43 bits per heavy atom. The molecule has 1 heterocycles. The Bertz CT molecular complexity index is 1770. The van der Waals surface area contributed by atoms with Gasteiger partial charge in [-0.2, -0.15) is 0 Å². The molecule has 0 saturated carbocycles. The van der Waals surface area contributed by atoms with Gasteiger partial charge in [-0.15, -0.1) is 0 Å². The number of ether oxygens (including phenoxy) is 1. The number of hydrogen-bond donors (Lipinski definition) is 2. The SMILES string of the molecule is O=C(Nc1ccc(S(=O)(=O)Nc2ccc(Br)cc2)cc1)[C@H]1CN(S(=O)(=O)c2ccc(Cl)cc2)c2ccccc2O1. The number of sulfonamides is 2. The van der Waals surface area contributed by atoms with Crippen molar-refractivity contribution in [3.05, 3.63) is 107 Å². The van der Waals surface area contributed by atoms with Crippen LogP contribution in [-0.2, 0) is 24.8 Å². The summed E-state index contributed by atoms with van der Waals surface area (Å²) < 4.78 is 62.8. The molecule has 1 atom stereocenters. The molecule has 0 spiro atoms. The Balaban J connectivity index is 1.33. The van der Waals surface area contributed by atoms with Crippen LogP contribution in [0, 0.1) is 0 Å². The van der Waals surface area contributed by atoms with E-state index < -0.39 is 32.1 Å². The van der Waals surface area contributed by atoms with E-state index in [1.54, 1.807) is 48.5 Å². The molecule has 4 aromatic carbocycles. The van der Waals surface area contributed by atoms with Gasteiger partial charge in [0, 0.05) is 20.9 Å². The first-order chi connectivity index (χ1) is 19.0. The zero-order valence-electron chi connectivity index (χ0n) is 20.5. The molecule has 1 amide bonds. The lowest BCUT2D eigenvalue weighted by Gasteiger charge is -2.34. The Morgan fingerprint density at radius 3 is 2.10 bits per heavy atom. The van der Waals surface area contributed by atoms with Gasteiger partial charge in [0.25, 0.3) is 26.0 Å². The molecule has 0 aromatic heterocycles. The molecule has 0 unspecified atom stereocenters. The Labute approximate surface area is 245 Å². The first-order valence-corrected chi connectivity index (χ1v) is 15.9. The number of nitrogens with one attached hydrogen (secondary N) is 2. The van der Waals surface area contributed by atoms with Crippen LogP contribution in [0.2, 0.25) is 5.02 Å². The minimum atomic E-state index is -4.04. The fourth-order valence-corrected chi connectivity index (χ4v) is 6.90. The van der Waals surface area contributed by atoms with Gasteiger partial charge in [0.1, 0.15) is 5.75 Å². The van der Waals surface area contributed by atoms with Crippen LogP contribution < -0.4 is 19.1 Å². The van der Waals surface area contributed by atoms with Gasteiger partial charge in [0.15, 0.2) is 6.10 Å². The molecule has 0 radical (unpaired) electrons. The van der Waals surface area contributed by atoms with Gasteiger partial charge >= 0.3 is 0 Å². The first-order valence-electron chi connectivity index (χ1n) is 11.8. The highest BCUT2D eigenvalue weighted by molar-refractivity contribution is 9.10. The fraction of sp³-hybridized carbons (Fsp3) is 0.0741. The predicted molar refractivity (Wildman–Crippen MR) is 157 cm³/mol. The van der Waals surface area contributed by atoms with Gasteiger partial charge in [-0.1, -0.05) is 39.7 Å². The van der Waals surface area contributed by atoms with E-state index in [9.17, 15) is 21.6 Å². The number of carbonyl (C=O) groups excluding carboxylic acids is 1. The van der Waals surface area contributed by atoms with Crippen LogP contribution in [-0.4, -0.2) is 35.4 Å². The van der Waals surface area contributed by atoms with E-state index >= 15 is 0 Å². The molecule has 0 saturated heterocycles. The quantitative estimate of drug-likeness (QED) is 0.270. The maximum Gasteiger partial charge on any atom is 0.267 e. The molecular formula is C27H21BrClN3O6S2. The Kier molecular flexibility index (Phi) is 7.78. The molecule has 0 fully saturated rings. The minimum Gasteiger partial charge on any atom is -0.476 e. The summed E-state index contributed by atoms with van der Waals surface area (Å²) in [7, 11) is -7.91. The van der Waals surface area contributed by atoms with Crippen LogP contribution >= 0.6 is 27.5 Å². The van der Waals surface area contributed by atoms with E-state index in [2.05, 4.69) is 26.0 Å². The summed E-state index contributed by atoms with van der Waals surface area (Å²) in [5.74, 6) is -0.374. The topological polar surface area (TPSA) is 122 Å². The molecular weight excluding hydrogens is 642 g/mol. The smallest absolute Gasteiger partial charge is 0.267 e. The van der Waals surface area contributed by atoms with E-state index in [0.717, 1.165) is 8.78 Å². The molecule has 13 heteroatoms. The average Bonchev–Trinajstić information content (AvgIpc) is 2.94. The summed E-state index contributed by atoms with van der Waals surface area (Å²) >= 11 is 9.23. The van der Waals surface area contributed by atoms with Gasteiger partial charge in [0.2, 0.25) is 0 Å². The fourth-order valence-electron chi connectivity index (χ4n) is 3.97. The third-order valence-corrected chi connectivity index (χ3v) is 9.93. The third kappa shape index (κ3) is 5.94. The molecule has 1 aliphatic heterocycles. The summed E-state index contributed by atoms with van der Waals surface area (Å²) in [6.45, 7) is -0.280. The third-order valence-electron chi connectivity index (χ3n) is 5.96. The highest BCUT2D eigenvalue weighted by atomic mass is 79.9. The number of rotatable bonds is 7. The first kappa shape index (κ1) is 28.0. The van der Waals surface area contributed by atoms with Crippen LogP contribution in [0.25, 0.3) is 0 Å². The number of para-hydroxylation sites is 2. The van der Waals surface area contributed by atoms with Crippen LogP contribution in [0.4, 0.5) is 17.1 Å². The van der Waals surface area contributed by atoms with E-state index in [1.165, 1.54) is 48.5 Å². The number of amides is 1. The van der Waals surface area contributed by atoms with Crippen LogP contribution in [0.1, 0.15) is 0 Å². The Hall–Kier alpha value is -3.58. The van der Waals surface area contributed by atoms with Crippen LogP contribution in [0.3, 0.4) is 0 Å². The molecule has 9 nitrogen and oxygen atoms in total. The normalized spacial score (nSPS) is 15.1. The molecule has 5 rings (SSSR count). The van der Waals surface area contributed by atoms with Crippen LogP contribution in [0.15, 0.2) is 111 Å². The van der Waals surface area contributed by atoms with Gasteiger partial charge in [-0.05, 0) is 84.9 Å². The monoisotopic (exact) mass is 661 g/mol. The van der Waals surface area contributed by atoms with Gasteiger partial charge in [-0.25, -0.2) is 16.8 Å². The summed E-state index contributed by atoms with van der Waals surface area (Å²) in [5.41, 5.74) is 1.00. The van der Waals surface area contributed by atoms with Crippen molar-refractivity contribution < 1.29 is 26.4 Å². The van der Waals surface area contributed by atoms with Crippen molar-refractivity contribution in [2.24, 2.45) is 0 Å². The predicted octanol–water partition coefficient (Wildman–Crippen LogP) is 5.50. The van der Waals surface area contributed by atoms with Crippen molar-refractivity contribution in [2.45, 2.75) is 15.9 Å². The average molecular weight is 663 g/mol. The maximum absolute atomic E-state index is 13.5. The second kappa shape index (κ2) is 11.1. The summed E-state index contributed by atoms with van der Waals surface area (Å²) in [6.07, 6.45) is -1.18. The van der Waals surface area contributed by atoms with E-state index in [-0.39, 0.29) is 22.1 Å². The zero-order chi connectivity index (χ0) is 28.5. The number of benzene rings is 4. The summed E-state index contributed by atoms with van der Waals surface area (Å²) in [4.78, 5) is 13.2. The molecule has 4 aromatic rings. The van der Waals surface area contributed by atoms with Crippen molar-refractivity contribution in [2.75, 3.05) is 20.9 Å². The summed E-state index contributed by atoms with van der Waals surface area (Å²) in [6, 6.07) is 24.5. The zero-order valence-corrected chi connectivity index (χ0v) is 24.5. The summed E-state index contributed by atoms with van der Waals surface area (Å²) in [5, 5.41) is 3.06. The van der Waals surface area contributed by atoms with Crippen molar-refractivity contribution in [1.29, 1.82) is 0 Å². The van der Waals surface area contributed by atoms with Crippen molar-refractivity contribution in [3.8, 4) is 5.75 Å². The minimum absolute atomic E-state index is 0.00325. The van der Waals surface area contributed by atoms with Gasteiger partial charge < -0.3 is 10.1 Å². The second-order valence-electron chi connectivity index (χ2n) is 8.69. The number of anilines is 3. The molecule has 1 aliphatic rings. The molecule has 0 bridgehead atoms. The lowest BCUT2D eigenvalue weighted by molar-refractivity contribution is -0.122. The number of carbonyl (C=O) groups is 1. The highest BCUT2D eigenvalue weighted by Crippen LogP contribution is 2.37. The van der Waals surface area contributed by atoms with Gasteiger partial charge in [-0.3, -0.25) is 13.8 Å². The molecule has 0 aliphatic carbocycles. The van der Waals surface area contributed by atoms with E-state index in [0.29, 0.717) is 22.1 Å². The molecule has 40 heavy (non-hydrogen) atoms. The second-order valence-corrected chi connectivity index (χ2v) is 13.6. The van der Waals surface area contributed by atoms with Gasteiger partial charge in [0.05, 0.1) is 22.0 Å². The van der Waals surface area contributed by atoms with Crippen molar-refractivity contribution in [1.82, 2.24) is 0 Å². The van der Waals surface area contributed by atoms with E-state index in [4.69, 9.17) is 16.3 Å². The maximum atomic E-state index is 13.5. The highest BCUT2D eigenvalue weighted by Gasteiger charge is 2.37. The number of halogens is 2. The van der Waals surface area contributed by atoms with Crippen molar-refractivity contribution >= 4 is 70.5 Å². The van der Waals surface area contributed by atoms with Crippen LogP contribution in [0.5, 0.6) is 5.75 Å². The number of nitrogens with zero attached hydrogens (tertiary/aromatic N) is 1. The van der Waals surface area contributed by atoms with E-state index in [1.807, 2.05) is 0 Å². The standard InChI is InChI=1S/C27H21BrClN3O6S2/c28-18-5-9-21(10-6-18)31-39(34,35)22-15-11-20(12-16-22)30-27(33)26-17-32(24-3-1-2-4-25(24)38-26)40(36,37)23-13-7-19(29)8-14-23/h1-16,26,31H,17H2,(H,30,33)/t26-/m1/s1. The van der Waals surface area contributed by atoms with Crippen molar-refractivity contribution in [3.63, 3.8) is 0 Å². The molecule has 206 valence electrons. The largest absolute Gasteiger partial charge is 0.476 e. The lowest BCUT2D eigenvalue weighted by atomic mass is 10.2.